The first-order chi connectivity index (χ1) is 11.9. The molecule has 3 rings (SSSR count). The average Bonchev–Trinajstić information content (AvgIpc) is 3.22. The normalized spacial score (nSPS) is 17.9. The Hall–Kier alpha value is -2.31. The Morgan fingerprint density at radius 3 is 2.88 bits per heavy atom. The molecule has 2 heterocycles. The van der Waals surface area contributed by atoms with Crippen molar-refractivity contribution in [2.24, 2.45) is 0 Å². The third kappa shape index (κ3) is 3.70. The molecule has 2 aromatic rings. The SMILES string of the molecule is CCCc1cc(C2CCCN2C(=O)c2cccc(C(F)(F)F)c2)no1. The zero-order valence-corrected chi connectivity index (χ0v) is 13.8. The Labute approximate surface area is 143 Å². The van der Waals surface area contributed by atoms with Crippen LogP contribution in [0.2, 0.25) is 0 Å². The van der Waals surface area contributed by atoms with Crippen LogP contribution < -0.4 is 0 Å². The van der Waals surface area contributed by atoms with E-state index in [4.69, 9.17) is 4.52 Å². The molecule has 1 atom stereocenters. The number of aryl methyl sites for hydroxylation is 1. The summed E-state index contributed by atoms with van der Waals surface area (Å²) in [7, 11) is 0. The van der Waals surface area contributed by atoms with Gasteiger partial charge in [-0.25, -0.2) is 0 Å². The number of halogens is 3. The van der Waals surface area contributed by atoms with Crippen molar-refractivity contribution in [1.29, 1.82) is 0 Å². The van der Waals surface area contributed by atoms with Crippen molar-refractivity contribution >= 4 is 5.91 Å². The summed E-state index contributed by atoms with van der Waals surface area (Å²) in [5.41, 5.74) is -0.110. The van der Waals surface area contributed by atoms with E-state index in [1.807, 2.05) is 13.0 Å². The lowest BCUT2D eigenvalue weighted by atomic mass is 10.1. The Balaban J connectivity index is 1.83. The summed E-state index contributed by atoms with van der Waals surface area (Å²) in [6, 6.07) is 6.13. The fourth-order valence-electron chi connectivity index (χ4n) is 3.16. The molecule has 0 saturated carbocycles. The summed E-state index contributed by atoms with van der Waals surface area (Å²) in [5, 5.41) is 4.05. The Morgan fingerprint density at radius 2 is 2.16 bits per heavy atom. The van der Waals surface area contributed by atoms with E-state index in [2.05, 4.69) is 5.16 Å². The number of benzene rings is 1. The highest BCUT2D eigenvalue weighted by molar-refractivity contribution is 5.94. The molecule has 1 fully saturated rings. The number of aromatic nitrogens is 1. The zero-order chi connectivity index (χ0) is 18.0. The lowest BCUT2D eigenvalue weighted by Crippen LogP contribution is -2.31. The van der Waals surface area contributed by atoms with Crippen LogP contribution in [0.25, 0.3) is 0 Å². The minimum absolute atomic E-state index is 0.0407. The predicted octanol–water partition coefficient (Wildman–Crippen LogP) is 4.62. The first kappa shape index (κ1) is 17.5. The van der Waals surface area contributed by atoms with Gasteiger partial charge >= 0.3 is 6.18 Å². The van der Waals surface area contributed by atoms with Crippen molar-refractivity contribution in [2.45, 2.75) is 44.8 Å². The molecule has 0 spiro atoms. The number of amides is 1. The van der Waals surface area contributed by atoms with Crippen molar-refractivity contribution < 1.29 is 22.5 Å². The Morgan fingerprint density at radius 1 is 1.36 bits per heavy atom. The number of likely N-dealkylation sites (tertiary alicyclic amines) is 1. The highest BCUT2D eigenvalue weighted by Crippen LogP contribution is 2.34. The molecule has 25 heavy (non-hydrogen) atoms. The summed E-state index contributed by atoms with van der Waals surface area (Å²) < 4.78 is 43.9. The maximum atomic E-state index is 12.9. The van der Waals surface area contributed by atoms with E-state index in [0.717, 1.165) is 43.6 Å². The smallest absolute Gasteiger partial charge is 0.361 e. The van der Waals surface area contributed by atoms with Gasteiger partial charge in [-0.2, -0.15) is 13.2 Å². The number of alkyl halides is 3. The van der Waals surface area contributed by atoms with Gasteiger partial charge in [-0.3, -0.25) is 4.79 Å². The van der Waals surface area contributed by atoms with Gasteiger partial charge in [-0.1, -0.05) is 18.1 Å². The van der Waals surface area contributed by atoms with Crippen molar-refractivity contribution in [3.8, 4) is 0 Å². The second-order valence-electron chi connectivity index (χ2n) is 6.20. The van der Waals surface area contributed by atoms with E-state index in [1.165, 1.54) is 12.1 Å². The number of nitrogens with zero attached hydrogens (tertiary/aromatic N) is 2. The minimum Gasteiger partial charge on any atom is -0.361 e. The van der Waals surface area contributed by atoms with E-state index in [1.54, 1.807) is 4.90 Å². The number of carbonyl (C=O) groups is 1. The molecule has 1 saturated heterocycles. The van der Waals surface area contributed by atoms with Crippen molar-refractivity contribution in [2.75, 3.05) is 6.54 Å². The fourth-order valence-corrected chi connectivity index (χ4v) is 3.16. The van der Waals surface area contributed by atoms with Gasteiger partial charge in [-0.15, -0.1) is 0 Å². The highest BCUT2D eigenvalue weighted by atomic mass is 19.4. The quantitative estimate of drug-likeness (QED) is 0.806. The van der Waals surface area contributed by atoms with Gasteiger partial charge in [0.25, 0.3) is 5.91 Å². The molecule has 0 radical (unpaired) electrons. The Kier molecular flexibility index (Phi) is 4.83. The monoisotopic (exact) mass is 352 g/mol. The topological polar surface area (TPSA) is 46.3 Å². The number of rotatable bonds is 4. The largest absolute Gasteiger partial charge is 0.416 e. The minimum atomic E-state index is -4.47. The van der Waals surface area contributed by atoms with Crippen LogP contribution in [0.4, 0.5) is 13.2 Å². The van der Waals surface area contributed by atoms with Gasteiger partial charge in [0.2, 0.25) is 0 Å². The van der Waals surface area contributed by atoms with Crippen molar-refractivity contribution in [1.82, 2.24) is 10.1 Å². The average molecular weight is 352 g/mol. The van der Waals surface area contributed by atoms with Crippen LogP contribution in [0.3, 0.4) is 0 Å². The molecular formula is C18H19F3N2O2. The molecule has 1 amide bonds. The van der Waals surface area contributed by atoms with Gasteiger partial charge < -0.3 is 9.42 Å². The molecule has 0 N–H and O–H groups in total. The van der Waals surface area contributed by atoms with Crippen LogP contribution in [0.5, 0.6) is 0 Å². The van der Waals surface area contributed by atoms with Gasteiger partial charge in [0.1, 0.15) is 11.5 Å². The third-order valence-electron chi connectivity index (χ3n) is 4.37. The molecule has 1 aromatic carbocycles. The van der Waals surface area contributed by atoms with Gasteiger partial charge in [0.05, 0.1) is 11.6 Å². The molecular weight excluding hydrogens is 333 g/mol. The summed E-state index contributed by atoms with van der Waals surface area (Å²) in [6.45, 7) is 2.52. The lowest BCUT2D eigenvalue weighted by Gasteiger charge is -2.23. The van der Waals surface area contributed by atoms with Gasteiger partial charge in [0.15, 0.2) is 0 Å². The van der Waals surface area contributed by atoms with Crippen LogP contribution in [0, 0.1) is 0 Å². The van der Waals surface area contributed by atoms with Crippen molar-refractivity contribution in [3.63, 3.8) is 0 Å². The summed E-state index contributed by atoms with van der Waals surface area (Å²) in [5.74, 6) is 0.351. The lowest BCUT2D eigenvalue weighted by molar-refractivity contribution is -0.137. The number of carbonyl (C=O) groups excluding carboxylic acids is 1. The van der Waals surface area contributed by atoms with E-state index >= 15 is 0 Å². The van der Waals surface area contributed by atoms with Crippen LogP contribution >= 0.6 is 0 Å². The molecule has 0 bridgehead atoms. The standard InChI is InChI=1S/C18H19F3N2O2/c1-2-5-14-11-15(22-25-14)16-8-4-9-23(16)17(24)12-6-3-7-13(10-12)18(19,20)21/h3,6-7,10-11,16H,2,4-5,8-9H2,1H3. The maximum Gasteiger partial charge on any atom is 0.416 e. The van der Waals surface area contributed by atoms with Crippen molar-refractivity contribution in [3.05, 3.63) is 52.9 Å². The van der Waals surface area contributed by atoms with Crippen LogP contribution in [0.1, 0.15) is 59.6 Å². The zero-order valence-electron chi connectivity index (χ0n) is 13.8. The molecule has 0 aliphatic carbocycles. The van der Waals surface area contributed by atoms with E-state index in [9.17, 15) is 18.0 Å². The second-order valence-corrected chi connectivity index (χ2v) is 6.20. The third-order valence-corrected chi connectivity index (χ3v) is 4.37. The molecule has 1 aliphatic heterocycles. The van der Waals surface area contributed by atoms with Crippen LogP contribution in [-0.4, -0.2) is 22.5 Å². The number of hydrogen-bond acceptors (Lipinski definition) is 3. The predicted molar refractivity (Wildman–Crippen MR) is 85.0 cm³/mol. The first-order valence-corrected chi connectivity index (χ1v) is 8.34. The van der Waals surface area contributed by atoms with E-state index in [0.29, 0.717) is 12.2 Å². The van der Waals surface area contributed by atoms with E-state index in [-0.39, 0.29) is 11.6 Å². The van der Waals surface area contributed by atoms with Crippen LogP contribution in [-0.2, 0) is 12.6 Å². The second kappa shape index (κ2) is 6.90. The Bertz CT molecular complexity index is 755. The molecule has 1 unspecified atom stereocenters. The number of hydrogen-bond donors (Lipinski definition) is 0. The summed E-state index contributed by atoms with van der Waals surface area (Å²) in [6.07, 6.45) is -1.27. The fraction of sp³-hybridized carbons (Fsp3) is 0.444. The molecule has 7 heteroatoms. The van der Waals surface area contributed by atoms with Gasteiger partial charge in [-0.05, 0) is 37.5 Å². The maximum absolute atomic E-state index is 12.9. The van der Waals surface area contributed by atoms with Crippen LogP contribution in [0.15, 0.2) is 34.9 Å². The summed E-state index contributed by atoms with van der Waals surface area (Å²) >= 11 is 0. The first-order valence-electron chi connectivity index (χ1n) is 8.34. The van der Waals surface area contributed by atoms with E-state index < -0.39 is 17.6 Å². The molecule has 1 aliphatic rings. The molecule has 4 nitrogen and oxygen atoms in total. The molecule has 1 aromatic heterocycles. The highest BCUT2D eigenvalue weighted by Gasteiger charge is 2.35. The van der Waals surface area contributed by atoms with Gasteiger partial charge in [0, 0.05) is 24.6 Å². The summed E-state index contributed by atoms with van der Waals surface area (Å²) in [4.78, 5) is 14.3. The molecule has 134 valence electrons.